The van der Waals surface area contributed by atoms with Crippen LogP contribution in [0.5, 0.6) is 0 Å². The number of pyridine rings is 1. The van der Waals surface area contributed by atoms with E-state index in [1.54, 1.807) is 23.3 Å². The van der Waals surface area contributed by atoms with E-state index in [1.165, 1.54) is 4.57 Å². The van der Waals surface area contributed by atoms with E-state index in [1.807, 2.05) is 32.9 Å². The maximum absolute atomic E-state index is 12.7. The van der Waals surface area contributed by atoms with Gasteiger partial charge >= 0.3 is 5.69 Å². The Bertz CT molecular complexity index is 1350. The largest absolute Gasteiger partial charge is 0.354 e. The van der Waals surface area contributed by atoms with Gasteiger partial charge in [-0.2, -0.15) is 0 Å². The second-order valence-electron chi connectivity index (χ2n) is 7.98. The van der Waals surface area contributed by atoms with Crippen molar-refractivity contribution in [3.63, 3.8) is 0 Å². The van der Waals surface area contributed by atoms with Crippen molar-refractivity contribution >= 4 is 0 Å². The lowest BCUT2D eigenvalue weighted by Gasteiger charge is -2.16. The number of aryl methyl sites for hydroxylation is 2. The molecule has 0 fully saturated rings. The minimum Gasteiger partial charge on any atom is -0.354 e. The number of hydrogen-bond donors (Lipinski definition) is 1. The molecule has 170 valence electrons. The third-order valence-corrected chi connectivity index (χ3v) is 5.34. The molecule has 0 saturated heterocycles. The molecule has 0 saturated carbocycles. The molecule has 1 N–H and O–H groups in total. The van der Waals surface area contributed by atoms with Crippen LogP contribution in [0.2, 0.25) is 0 Å². The summed E-state index contributed by atoms with van der Waals surface area (Å²) >= 11 is 0. The van der Waals surface area contributed by atoms with Crippen molar-refractivity contribution in [1.29, 1.82) is 0 Å². The Balaban J connectivity index is 1.56. The zero-order valence-corrected chi connectivity index (χ0v) is 18.9. The van der Waals surface area contributed by atoms with Gasteiger partial charge in [0.1, 0.15) is 12.4 Å². The van der Waals surface area contributed by atoms with E-state index in [-0.39, 0.29) is 18.9 Å². The first-order chi connectivity index (χ1) is 15.9. The van der Waals surface area contributed by atoms with Crippen LogP contribution in [0.3, 0.4) is 0 Å². The molecule has 3 heterocycles. The van der Waals surface area contributed by atoms with Crippen LogP contribution in [0.4, 0.5) is 0 Å². The first-order valence-electron chi connectivity index (χ1n) is 10.8. The first-order valence-corrected chi connectivity index (χ1v) is 10.8. The van der Waals surface area contributed by atoms with Crippen molar-refractivity contribution in [3.8, 4) is 5.69 Å². The molecule has 33 heavy (non-hydrogen) atoms. The molecule has 4 rings (SSSR count). The van der Waals surface area contributed by atoms with Crippen molar-refractivity contribution in [1.82, 2.24) is 29.5 Å². The number of aromatic amines is 1. The van der Waals surface area contributed by atoms with Crippen molar-refractivity contribution in [2.45, 2.75) is 47.0 Å². The predicted octanol–water partition coefficient (Wildman–Crippen LogP) is 2.46. The average Bonchev–Trinajstić information content (AvgIpc) is 3.25. The van der Waals surface area contributed by atoms with E-state index >= 15 is 0 Å². The summed E-state index contributed by atoms with van der Waals surface area (Å²) < 4.78 is 8.91. The van der Waals surface area contributed by atoms with Gasteiger partial charge < -0.3 is 4.74 Å². The van der Waals surface area contributed by atoms with Crippen LogP contribution in [-0.4, -0.2) is 29.5 Å². The Morgan fingerprint density at radius 2 is 1.91 bits per heavy atom. The molecule has 0 aliphatic rings. The molecule has 9 heteroatoms. The second kappa shape index (κ2) is 9.74. The molecule has 0 unspecified atom stereocenters. The topological polar surface area (TPSA) is 108 Å². The van der Waals surface area contributed by atoms with Crippen LogP contribution >= 0.6 is 0 Å². The highest BCUT2D eigenvalue weighted by Gasteiger charge is 2.15. The van der Waals surface area contributed by atoms with E-state index in [2.05, 4.69) is 38.5 Å². The summed E-state index contributed by atoms with van der Waals surface area (Å²) in [5.41, 5.74) is 5.12. The van der Waals surface area contributed by atoms with Gasteiger partial charge in [0.15, 0.2) is 0 Å². The third-order valence-electron chi connectivity index (χ3n) is 5.34. The molecule has 0 aliphatic heterocycles. The standard InChI is InChI=1S/C24H26N6O3/c1-4-21-22(11-18-9-16(2)8-17(3)10-18)29(24(32)26-23(21)31)15-33-14-19-13-30(28-27-19)20-6-5-7-25-12-20/h5-10,12-13H,4,11,14-15H2,1-3H3,(H,26,31,32). The molecule has 0 aliphatic carbocycles. The fraction of sp³-hybridized carbons (Fsp3) is 0.292. The van der Waals surface area contributed by atoms with Gasteiger partial charge in [0.2, 0.25) is 0 Å². The van der Waals surface area contributed by atoms with E-state index in [0.29, 0.717) is 29.8 Å². The molecule has 0 spiro atoms. The zero-order valence-electron chi connectivity index (χ0n) is 18.9. The summed E-state index contributed by atoms with van der Waals surface area (Å²) in [6.45, 7) is 6.12. The van der Waals surface area contributed by atoms with Crippen LogP contribution in [0, 0.1) is 13.8 Å². The summed E-state index contributed by atoms with van der Waals surface area (Å²) in [7, 11) is 0. The smallest absolute Gasteiger partial charge is 0.330 e. The van der Waals surface area contributed by atoms with Crippen LogP contribution in [0.1, 0.15) is 40.6 Å². The predicted molar refractivity (Wildman–Crippen MR) is 123 cm³/mol. The van der Waals surface area contributed by atoms with Crippen LogP contribution < -0.4 is 11.2 Å². The number of aromatic nitrogens is 6. The maximum Gasteiger partial charge on any atom is 0.330 e. The summed E-state index contributed by atoms with van der Waals surface area (Å²) in [6.07, 6.45) is 6.10. The second-order valence-corrected chi connectivity index (χ2v) is 7.98. The maximum atomic E-state index is 12.7. The number of nitrogens with zero attached hydrogens (tertiary/aromatic N) is 5. The zero-order chi connectivity index (χ0) is 23.4. The highest BCUT2D eigenvalue weighted by Crippen LogP contribution is 2.15. The first kappa shape index (κ1) is 22.3. The Morgan fingerprint density at radius 3 is 2.61 bits per heavy atom. The number of rotatable bonds is 8. The van der Waals surface area contributed by atoms with Gasteiger partial charge in [-0.3, -0.25) is 19.3 Å². The number of nitrogens with one attached hydrogen (secondary N) is 1. The van der Waals surface area contributed by atoms with Crippen LogP contribution in [0.15, 0.2) is 58.5 Å². The van der Waals surface area contributed by atoms with Gasteiger partial charge in [-0.05, 0) is 38.0 Å². The third kappa shape index (κ3) is 5.15. The van der Waals surface area contributed by atoms with Crippen LogP contribution in [-0.2, 0) is 30.9 Å². The van der Waals surface area contributed by atoms with Gasteiger partial charge in [-0.1, -0.05) is 41.5 Å². The van der Waals surface area contributed by atoms with Crippen molar-refractivity contribution in [3.05, 3.63) is 103 Å². The van der Waals surface area contributed by atoms with Crippen molar-refractivity contribution in [2.24, 2.45) is 0 Å². The molecule has 9 nitrogen and oxygen atoms in total. The SMILES string of the molecule is CCc1c(Cc2cc(C)cc(C)c2)n(COCc2cn(-c3cccnc3)nn2)c(=O)[nH]c1=O. The molecule has 1 aromatic carbocycles. The molecule has 0 amide bonds. The number of benzene rings is 1. The molecule has 3 aromatic heterocycles. The quantitative estimate of drug-likeness (QED) is 0.445. The molecular formula is C24H26N6O3. The van der Waals surface area contributed by atoms with Gasteiger partial charge in [-0.25, -0.2) is 9.48 Å². The van der Waals surface area contributed by atoms with Gasteiger partial charge in [0.25, 0.3) is 5.56 Å². The average molecular weight is 447 g/mol. The van der Waals surface area contributed by atoms with Gasteiger partial charge in [0, 0.05) is 23.9 Å². The Morgan fingerprint density at radius 1 is 1.12 bits per heavy atom. The Kier molecular flexibility index (Phi) is 6.60. The summed E-state index contributed by atoms with van der Waals surface area (Å²) in [5, 5.41) is 8.21. The Hall–Kier alpha value is -3.85. The van der Waals surface area contributed by atoms with Gasteiger partial charge in [-0.15, -0.1) is 5.10 Å². The van der Waals surface area contributed by atoms with E-state index in [0.717, 1.165) is 22.4 Å². The van der Waals surface area contributed by atoms with E-state index in [4.69, 9.17) is 4.74 Å². The lowest BCUT2D eigenvalue weighted by atomic mass is 10.0. The number of ether oxygens (including phenoxy) is 1. The highest BCUT2D eigenvalue weighted by atomic mass is 16.5. The van der Waals surface area contributed by atoms with E-state index in [9.17, 15) is 9.59 Å². The highest BCUT2D eigenvalue weighted by molar-refractivity contribution is 5.33. The Labute approximate surface area is 190 Å². The normalized spacial score (nSPS) is 11.1. The minimum absolute atomic E-state index is 0.0114. The molecule has 0 radical (unpaired) electrons. The van der Waals surface area contributed by atoms with Crippen molar-refractivity contribution < 1.29 is 4.74 Å². The van der Waals surface area contributed by atoms with E-state index < -0.39 is 5.69 Å². The molecular weight excluding hydrogens is 420 g/mol. The fourth-order valence-corrected chi connectivity index (χ4v) is 3.95. The van der Waals surface area contributed by atoms with Crippen LogP contribution in [0.25, 0.3) is 5.69 Å². The lowest BCUT2D eigenvalue weighted by Crippen LogP contribution is -2.36. The summed E-state index contributed by atoms with van der Waals surface area (Å²) in [4.78, 5) is 31.6. The lowest BCUT2D eigenvalue weighted by molar-refractivity contribution is 0.0568. The molecule has 0 bridgehead atoms. The number of H-pyrrole nitrogens is 1. The van der Waals surface area contributed by atoms with Crippen molar-refractivity contribution in [2.75, 3.05) is 0 Å². The van der Waals surface area contributed by atoms with Gasteiger partial charge in [0.05, 0.1) is 24.7 Å². The fourth-order valence-electron chi connectivity index (χ4n) is 3.95. The number of hydrogen-bond acceptors (Lipinski definition) is 6. The molecule has 0 atom stereocenters. The minimum atomic E-state index is -0.490. The summed E-state index contributed by atoms with van der Waals surface area (Å²) in [6, 6.07) is 9.92. The summed E-state index contributed by atoms with van der Waals surface area (Å²) in [5.74, 6) is 0. The monoisotopic (exact) mass is 446 g/mol. The molecule has 4 aromatic rings.